The minimum atomic E-state index is 0.173. The van der Waals surface area contributed by atoms with Crippen LogP contribution in [0.2, 0.25) is 0 Å². The van der Waals surface area contributed by atoms with E-state index in [1.807, 2.05) is 61.7 Å². The summed E-state index contributed by atoms with van der Waals surface area (Å²) in [5.74, 6) is 1.45. The van der Waals surface area contributed by atoms with Crippen LogP contribution in [0.25, 0.3) is 22.4 Å². The largest absolute Gasteiger partial charge is 0.463 e. The van der Waals surface area contributed by atoms with Gasteiger partial charge in [-0.2, -0.15) is 5.10 Å². The third-order valence-electron chi connectivity index (χ3n) is 3.58. The fourth-order valence-electron chi connectivity index (χ4n) is 2.48. The van der Waals surface area contributed by atoms with Crippen LogP contribution in [0.4, 0.5) is 0 Å². The van der Waals surface area contributed by atoms with E-state index in [4.69, 9.17) is 8.83 Å². The molecule has 0 amide bonds. The highest BCUT2D eigenvalue weighted by Gasteiger charge is 2.13. The first-order chi connectivity index (χ1) is 12.2. The summed E-state index contributed by atoms with van der Waals surface area (Å²) in [5, 5.41) is 7.64. The summed E-state index contributed by atoms with van der Waals surface area (Å²) in [6, 6.07) is 13.8. The lowest BCUT2D eigenvalue weighted by Gasteiger charge is -2.00. The molecule has 0 aliphatic carbocycles. The second-order valence-corrected chi connectivity index (χ2v) is 6.68. The van der Waals surface area contributed by atoms with E-state index in [9.17, 15) is 0 Å². The van der Waals surface area contributed by atoms with Crippen molar-refractivity contribution in [1.82, 2.24) is 4.68 Å². The zero-order valence-corrected chi connectivity index (χ0v) is 14.7. The SMILES string of the molecule is CC(C)N=c1scc(-c2cc3ccccc3o2)n1N=Cc1ccco1. The minimum Gasteiger partial charge on any atom is -0.463 e. The first-order valence-corrected chi connectivity index (χ1v) is 8.90. The van der Waals surface area contributed by atoms with Crippen LogP contribution in [0.15, 0.2) is 73.0 Å². The molecule has 126 valence electrons. The topological polar surface area (TPSA) is 55.9 Å². The highest BCUT2D eigenvalue weighted by molar-refractivity contribution is 7.07. The predicted molar refractivity (Wildman–Crippen MR) is 99.9 cm³/mol. The Morgan fingerprint density at radius 1 is 1.16 bits per heavy atom. The Labute approximate surface area is 148 Å². The molecule has 6 heteroatoms. The predicted octanol–water partition coefficient (Wildman–Crippen LogP) is 4.75. The number of benzene rings is 1. The summed E-state index contributed by atoms with van der Waals surface area (Å²) in [7, 11) is 0. The standard InChI is InChI=1S/C19H17N3O2S/c1-13(2)21-19-22(20-11-15-7-5-9-23-15)16(12-25-19)18-10-14-6-3-4-8-17(14)24-18/h3-13H,1-2H3. The molecule has 0 spiro atoms. The van der Waals surface area contributed by atoms with Gasteiger partial charge in [-0.15, -0.1) is 11.3 Å². The van der Waals surface area contributed by atoms with Crippen molar-refractivity contribution in [2.75, 3.05) is 0 Å². The molecule has 0 radical (unpaired) electrons. The average Bonchev–Trinajstić information content (AvgIpc) is 3.31. The molecule has 0 bridgehead atoms. The Bertz CT molecular complexity index is 1050. The molecule has 0 unspecified atom stereocenters. The van der Waals surface area contributed by atoms with Gasteiger partial charge < -0.3 is 8.83 Å². The first-order valence-electron chi connectivity index (χ1n) is 8.02. The quantitative estimate of drug-likeness (QED) is 0.498. The normalized spacial score (nSPS) is 12.8. The van der Waals surface area contributed by atoms with Gasteiger partial charge in [0.15, 0.2) is 5.76 Å². The Hall–Kier alpha value is -2.86. The van der Waals surface area contributed by atoms with Crippen molar-refractivity contribution >= 4 is 28.5 Å². The van der Waals surface area contributed by atoms with Crippen LogP contribution in [0.1, 0.15) is 19.6 Å². The second-order valence-electron chi connectivity index (χ2n) is 5.85. The van der Waals surface area contributed by atoms with Gasteiger partial charge in [0.25, 0.3) is 0 Å². The van der Waals surface area contributed by atoms with E-state index in [0.717, 1.165) is 27.2 Å². The fraction of sp³-hybridized carbons (Fsp3) is 0.158. The number of aromatic nitrogens is 1. The number of hydrogen-bond donors (Lipinski definition) is 0. The molecule has 0 saturated carbocycles. The van der Waals surface area contributed by atoms with Crippen LogP contribution in [-0.4, -0.2) is 16.9 Å². The van der Waals surface area contributed by atoms with Gasteiger partial charge in [-0.05, 0) is 38.1 Å². The summed E-state index contributed by atoms with van der Waals surface area (Å²) < 4.78 is 13.1. The number of furan rings is 2. The molecule has 3 heterocycles. The maximum atomic E-state index is 6.00. The molecule has 0 atom stereocenters. The van der Waals surface area contributed by atoms with Gasteiger partial charge in [0.2, 0.25) is 4.80 Å². The zero-order chi connectivity index (χ0) is 17.2. The third kappa shape index (κ3) is 3.21. The van der Waals surface area contributed by atoms with Crippen LogP contribution in [-0.2, 0) is 0 Å². The van der Waals surface area contributed by atoms with Crippen LogP contribution in [0, 0.1) is 0 Å². The molecule has 3 aromatic heterocycles. The molecule has 4 rings (SSSR count). The highest BCUT2D eigenvalue weighted by Crippen LogP contribution is 2.28. The fourth-order valence-corrected chi connectivity index (χ4v) is 3.43. The molecular weight excluding hydrogens is 334 g/mol. The first kappa shape index (κ1) is 15.7. The van der Waals surface area contributed by atoms with Crippen molar-refractivity contribution in [3.05, 3.63) is 64.7 Å². The molecular formula is C19H17N3O2S. The zero-order valence-electron chi connectivity index (χ0n) is 13.9. The summed E-state index contributed by atoms with van der Waals surface area (Å²) in [6.07, 6.45) is 3.30. The van der Waals surface area contributed by atoms with Crippen LogP contribution >= 0.6 is 11.3 Å². The van der Waals surface area contributed by atoms with Crippen molar-refractivity contribution in [3.63, 3.8) is 0 Å². The van der Waals surface area contributed by atoms with E-state index in [1.165, 1.54) is 11.3 Å². The van der Waals surface area contributed by atoms with Gasteiger partial charge in [0, 0.05) is 16.8 Å². The number of para-hydroxylation sites is 1. The number of fused-ring (bicyclic) bond motifs is 1. The van der Waals surface area contributed by atoms with Gasteiger partial charge in [0.05, 0.1) is 12.5 Å². The summed E-state index contributed by atoms with van der Waals surface area (Å²) in [5.41, 5.74) is 1.72. The summed E-state index contributed by atoms with van der Waals surface area (Å²) in [6.45, 7) is 4.09. The van der Waals surface area contributed by atoms with E-state index >= 15 is 0 Å². The maximum Gasteiger partial charge on any atom is 0.206 e. The minimum absolute atomic E-state index is 0.173. The van der Waals surface area contributed by atoms with Crippen LogP contribution in [0.3, 0.4) is 0 Å². The van der Waals surface area contributed by atoms with Crippen molar-refractivity contribution in [2.45, 2.75) is 19.9 Å². The van der Waals surface area contributed by atoms with E-state index < -0.39 is 0 Å². The van der Waals surface area contributed by atoms with Gasteiger partial charge in [-0.3, -0.25) is 4.99 Å². The molecule has 0 saturated heterocycles. The number of nitrogens with zero attached hydrogens (tertiary/aromatic N) is 3. The van der Waals surface area contributed by atoms with E-state index in [0.29, 0.717) is 5.76 Å². The number of hydrogen-bond acceptors (Lipinski definition) is 5. The molecule has 5 nitrogen and oxygen atoms in total. The molecule has 25 heavy (non-hydrogen) atoms. The monoisotopic (exact) mass is 351 g/mol. The second kappa shape index (κ2) is 6.57. The molecule has 0 fully saturated rings. The molecule has 0 N–H and O–H groups in total. The highest BCUT2D eigenvalue weighted by atomic mass is 32.1. The van der Waals surface area contributed by atoms with Gasteiger partial charge in [-0.1, -0.05) is 18.2 Å². The number of thiazole rings is 1. The Balaban J connectivity index is 1.85. The Morgan fingerprint density at radius 3 is 2.80 bits per heavy atom. The lowest BCUT2D eigenvalue weighted by Crippen LogP contribution is -2.14. The van der Waals surface area contributed by atoms with Gasteiger partial charge in [0.1, 0.15) is 17.0 Å². The van der Waals surface area contributed by atoms with Gasteiger partial charge in [-0.25, -0.2) is 4.68 Å². The van der Waals surface area contributed by atoms with Gasteiger partial charge >= 0.3 is 0 Å². The van der Waals surface area contributed by atoms with Crippen LogP contribution < -0.4 is 4.80 Å². The molecule has 0 aliphatic rings. The summed E-state index contributed by atoms with van der Waals surface area (Å²) >= 11 is 1.54. The van der Waals surface area contributed by atoms with E-state index in [-0.39, 0.29) is 6.04 Å². The van der Waals surface area contributed by atoms with Crippen molar-refractivity contribution in [1.29, 1.82) is 0 Å². The van der Waals surface area contributed by atoms with Crippen molar-refractivity contribution in [2.24, 2.45) is 10.1 Å². The van der Waals surface area contributed by atoms with Crippen LogP contribution in [0.5, 0.6) is 0 Å². The van der Waals surface area contributed by atoms with E-state index in [2.05, 4.69) is 10.1 Å². The average molecular weight is 351 g/mol. The molecule has 4 aromatic rings. The summed E-state index contributed by atoms with van der Waals surface area (Å²) in [4.78, 5) is 5.47. The Morgan fingerprint density at radius 2 is 2.04 bits per heavy atom. The Kier molecular flexibility index (Phi) is 4.11. The number of rotatable bonds is 4. The van der Waals surface area contributed by atoms with E-state index in [1.54, 1.807) is 17.2 Å². The lowest BCUT2D eigenvalue weighted by atomic mass is 10.2. The smallest absolute Gasteiger partial charge is 0.206 e. The van der Waals surface area contributed by atoms with Crippen molar-refractivity contribution < 1.29 is 8.83 Å². The molecule has 0 aliphatic heterocycles. The van der Waals surface area contributed by atoms with Crippen molar-refractivity contribution in [3.8, 4) is 11.5 Å². The molecule has 1 aromatic carbocycles. The lowest BCUT2D eigenvalue weighted by molar-refractivity contribution is 0.559. The maximum absolute atomic E-state index is 6.00. The third-order valence-corrected chi connectivity index (χ3v) is 4.41.